The lowest BCUT2D eigenvalue weighted by atomic mass is 9.86. The first-order valence-corrected chi connectivity index (χ1v) is 8.29. The Morgan fingerprint density at radius 2 is 2.00 bits per heavy atom. The van der Waals surface area contributed by atoms with Gasteiger partial charge in [0.2, 0.25) is 15.9 Å². The number of benzene rings is 1. The molecule has 1 aliphatic rings. The molecule has 1 heterocycles. The number of aliphatic hydroxyl groups is 1. The Morgan fingerprint density at radius 1 is 1.39 bits per heavy atom. The zero-order valence-electron chi connectivity index (χ0n) is 12.9. The van der Waals surface area contributed by atoms with Crippen molar-refractivity contribution < 1.29 is 28.2 Å². The lowest BCUT2D eigenvalue weighted by Crippen LogP contribution is -2.43. The second-order valence-corrected chi connectivity index (χ2v) is 7.58. The number of carbonyl (C=O) groups excluding carboxylic acids is 1. The van der Waals surface area contributed by atoms with E-state index in [0.717, 1.165) is 0 Å². The molecule has 1 amide bonds. The van der Waals surface area contributed by atoms with Crippen LogP contribution in [0.15, 0.2) is 23.1 Å². The number of likely N-dealkylation sites (N-methyl/N-ethyl adjacent to an activating group) is 1. The first-order chi connectivity index (χ1) is 10.5. The van der Waals surface area contributed by atoms with Crippen molar-refractivity contribution in [2.75, 3.05) is 18.6 Å². The van der Waals surface area contributed by atoms with Crippen molar-refractivity contribution >= 4 is 27.6 Å². The summed E-state index contributed by atoms with van der Waals surface area (Å²) in [5.74, 6) is -1.64. The van der Waals surface area contributed by atoms with Crippen molar-refractivity contribution in [2.24, 2.45) is 0 Å². The smallest absolute Gasteiger partial charge is 0.324 e. The number of aliphatic hydroxyl groups excluding tert-OH is 1. The fourth-order valence-electron chi connectivity index (χ4n) is 2.54. The predicted molar refractivity (Wildman–Crippen MR) is 81.7 cm³/mol. The maximum Gasteiger partial charge on any atom is 0.324 e. The zero-order valence-corrected chi connectivity index (χ0v) is 13.7. The number of anilines is 1. The largest absolute Gasteiger partial charge is 0.480 e. The number of carboxylic acids is 1. The molecule has 0 saturated heterocycles. The molecule has 1 aliphatic heterocycles. The molecule has 0 fully saturated rings. The average Bonchev–Trinajstić information content (AvgIpc) is 2.65. The van der Waals surface area contributed by atoms with Gasteiger partial charge in [-0.3, -0.25) is 9.59 Å². The van der Waals surface area contributed by atoms with Crippen molar-refractivity contribution in [3.05, 3.63) is 23.8 Å². The van der Waals surface area contributed by atoms with Gasteiger partial charge in [-0.25, -0.2) is 8.42 Å². The summed E-state index contributed by atoms with van der Waals surface area (Å²) < 4.78 is 26.5. The number of hydrogen-bond acceptors (Lipinski definition) is 5. The summed E-state index contributed by atoms with van der Waals surface area (Å²) in [6, 6.07) is 2.52. The minimum absolute atomic E-state index is 0.159. The Hall–Kier alpha value is -1.97. The van der Waals surface area contributed by atoms with E-state index in [0.29, 0.717) is 11.3 Å². The summed E-state index contributed by atoms with van der Waals surface area (Å²) >= 11 is 0. The van der Waals surface area contributed by atoms with E-state index in [9.17, 15) is 18.0 Å². The van der Waals surface area contributed by atoms with Crippen LogP contribution in [-0.4, -0.2) is 50.2 Å². The molecule has 8 nitrogen and oxygen atoms in total. The van der Waals surface area contributed by atoms with Gasteiger partial charge in [0.1, 0.15) is 6.04 Å². The Kier molecular flexibility index (Phi) is 4.22. The van der Waals surface area contributed by atoms with E-state index in [4.69, 9.17) is 10.2 Å². The van der Waals surface area contributed by atoms with Crippen LogP contribution < -0.4 is 9.62 Å². The Morgan fingerprint density at radius 3 is 2.52 bits per heavy atom. The first-order valence-electron chi connectivity index (χ1n) is 6.81. The number of carbonyl (C=O) groups is 2. The third-order valence-electron chi connectivity index (χ3n) is 3.93. The summed E-state index contributed by atoms with van der Waals surface area (Å²) in [6.45, 7) is 2.51. The summed E-state index contributed by atoms with van der Waals surface area (Å²) in [7, 11) is -2.54. The minimum atomic E-state index is -4.14. The molecule has 0 bridgehead atoms. The van der Waals surface area contributed by atoms with Gasteiger partial charge >= 0.3 is 5.97 Å². The van der Waals surface area contributed by atoms with Gasteiger partial charge in [0, 0.05) is 12.7 Å². The van der Waals surface area contributed by atoms with Crippen LogP contribution in [0.1, 0.15) is 19.4 Å². The van der Waals surface area contributed by atoms with Crippen LogP contribution in [0.3, 0.4) is 0 Å². The number of amides is 1. The second-order valence-electron chi connectivity index (χ2n) is 5.86. The molecule has 0 saturated carbocycles. The van der Waals surface area contributed by atoms with E-state index in [1.54, 1.807) is 20.9 Å². The maximum atomic E-state index is 12.3. The van der Waals surface area contributed by atoms with Crippen LogP contribution in [0, 0.1) is 0 Å². The highest BCUT2D eigenvalue weighted by Crippen LogP contribution is 2.41. The SMILES string of the molecule is CN1C(=O)C(C)(C)c2cc(S(=O)(=O)N[C@@H](CO)C(=O)O)ccc21. The van der Waals surface area contributed by atoms with E-state index in [2.05, 4.69) is 0 Å². The molecule has 0 aromatic heterocycles. The van der Waals surface area contributed by atoms with E-state index in [1.165, 1.54) is 23.1 Å². The second kappa shape index (κ2) is 5.59. The number of fused-ring (bicyclic) bond motifs is 1. The molecule has 2 rings (SSSR count). The first kappa shape index (κ1) is 17.4. The zero-order chi connectivity index (χ0) is 17.6. The summed E-state index contributed by atoms with van der Waals surface area (Å²) in [5.41, 5.74) is 0.276. The topological polar surface area (TPSA) is 124 Å². The molecule has 9 heteroatoms. The molecule has 1 atom stereocenters. The molecule has 126 valence electrons. The van der Waals surface area contributed by atoms with Crippen molar-refractivity contribution in [2.45, 2.75) is 30.2 Å². The van der Waals surface area contributed by atoms with E-state index >= 15 is 0 Å². The van der Waals surface area contributed by atoms with E-state index in [1.807, 2.05) is 4.72 Å². The van der Waals surface area contributed by atoms with Gasteiger partial charge in [0.05, 0.1) is 16.9 Å². The molecule has 0 aliphatic carbocycles. The third-order valence-corrected chi connectivity index (χ3v) is 5.40. The summed E-state index contributed by atoms with van der Waals surface area (Å²) in [5, 5.41) is 17.8. The molecule has 1 aromatic carbocycles. The quantitative estimate of drug-likeness (QED) is 0.673. The Balaban J connectivity index is 2.46. The molecular weight excluding hydrogens is 324 g/mol. The Bertz CT molecular complexity index is 771. The highest BCUT2D eigenvalue weighted by Gasteiger charge is 2.42. The number of hydrogen-bond donors (Lipinski definition) is 3. The fourth-order valence-corrected chi connectivity index (χ4v) is 3.75. The molecule has 1 aromatic rings. The number of aliphatic carboxylic acids is 1. The third kappa shape index (κ3) is 2.82. The fraction of sp³-hybridized carbons (Fsp3) is 0.429. The highest BCUT2D eigenvalue weighted by atomic mass is 32.2. The molecular formula is C14H18N2O6S. The van der Waals surface area contributed by atoms with Crippen LogP contribution in [0.25, 0.3) is 0 Å². The van der Waals surface area contributed by atoms with E-state index < -0.39 is 34.1 Å². The Labute approximate surface area is 133 Å². The van der Waals surface area contributed by atoms with Gasteiger partial charge in [-0.15, -0.1) is 0 Å². The van der Waals surface area contributed by atoms with Gasteiger partial charge in [-0.2, -0.15) is 4.72 Å². The van der Waals surface area contributed by atoms with Crippen LogP contribution in [0.5, 0.6) is 0 Å². The predicted octanol–water partition coefficient (Wildman–Crippen LogP) is -0.336. The van der Waals surface area contributed by atoms with Crippen molar-refractivity contribution in [3.8, 4) is 0 Å². The highest BCUT2D eigenvalue weighted by molar-refractivity contribution is 7.89. The van der Waals surface area contributed by atoms with Gasteiger partial charge in [-0.1, -0.05) is 0 Å². The molecule has 0 spiro atoms. The monoisotopic (exact) mass is 342 g/mol. The standard InChI is InChI=1S/C14H18N2O6S/c1-14(2)9-6-8(4-5-11(9)16(3)13(14)20)23(21,22)15-10(7-17)12(18)19/h4-6,10,15,17H,7H2,1-3H3,(H,18,19)/t10-/m0/s1. The van der Waals surface area contributed by atoms with Crippen LogP contribution in [0.2, 0.25) is 0 Å². The lowest BCUT2D eigenvalue weighted by molar-refractivity contribution is -0.139. The number of carboxylic acid groups (broad SMARTS) is 1. The lowest BCUT2D eigenvalue weighted by Gasteiger charge is -2.17. The number of sulfonamides is 1. The van der Waals surface area contributed by atoms with Crippen molar-refractivity contribution in [3.63, 3.8) is 0 Å². The average molecular weight is 342 g/mol. The molecule has 0 unspecified atom stereocenters. The normalized spacial score (nSPS) is 17.9. The number of rotatable bonds is 5. The molecule has 23 heavy (non-hydrogen) atoms. The van der Waals surface area contributed by atoms with E-state index in [-0.39, 0.29) is 10.8 Å². The van der Waals surface area contributed by atoms with Crippen molar-refractivity contribution in [1.82, 2.24) is 4.72 Å². The molecule has 3 N–H and O–H groups in total. The number of nitrogens with zero attached hydrogens (tertiary/aromatic N) is 1. The van der Waals surface area contributed by atoms with Gasteiger partial charge in [-0.05, 0) is 37.6 Å². The van der Waals surface area contributed by atoms with Gasteiger partial charge < -0.3 is 15.1 Å². The van der Waals surface area contributed by atoms with Crippen molar-refractivity contribution in [1.29, 1.82) is 0 Å². The number of nitrogens with one attached hydrogen (secondary N) is 1. The van der Waals surface area contributed by atoms with Crippen LogP contribution in [-0.2, 0) is 25.0 Å². The van der Waals surface area contributed by atoms with Crippen LogP contribution in [0.4, 0.5) is 5.69 Å². The van der Waals surface area contributed by atoms with Crippen LogP contribution >= 0.6 is 0 Å². The summed E-state index contributed by atoms with van der Waals surface area (Å²) in [6.07, 6.45) is 0. The molecule has 0 radical (unpaired) electrons. The van der Waals surface area contributed by atoms with Gasteiger partial charge in [0.25, 0.3) is 0 Å². The van der Waals surface area contributed by atoms with Gasteiger partial charge in [0.15, 0.2) is 0 Å². The maximum absolute atomic E-state index is 12.3. The minimum Gasteiger partial charge on any atom is -0.480 e. The summed E-state index contributed by atoms with van der Waals surface area (Å²) in [4.78, 5) is 24.4.